The Labute approximate surface area is 268 Å². The third-order valence-corrected chi connectivity index (χ3v) is 8.93. The maximum absolute atomic E-state index is 14.2. The number of nitrogens with one attached hydrogen (secondary N) is 2. The van der Waals surface area contributed by atoms with Crippen LogP contribution in [0.25, 0.3) is 11.1 Å². The monoisotopic (exact) mass is 629 g/mol. The molecule has 5 rings (SSSR count). The molecule has 2 aliphatic rings. The maximum Gasteiger partial charge on any atom is 0.248 e. The smallest absolute Gasteiger partial charge is 0.248 e. The fourth-order valence-corrected chi connectivity index (χ4v) is 6.15. The van der Waals surface area contributed by atoms with Crippen LogP contribution < -0.4 is 16.4 Å². The van der Waals surface area contributed by atoms with E-state index in [0.29, 0.717) is 12.2 Å². The number of amides is 4. The minimum absolute atomic E-state index is 0.0219. The molecule has 1 aromatic heterocycles. The summed E-state index contributed by atoms with van der Waals surface area (Å²) in [4.78, 5) is 53.2. The molecule has 0 unspecified atom stereocenters. The summed E-state index contributed by atoms with van der Waals surface area (Å²) in [6.07, 6.45) is 2.71. The Morgan fingerprint density at radius 2 is 1.70 bits per heavy atom. The SMILES string of the molecule is CC(=O)NCC1(c2cn([C@H](C(=O)N3C[C@H](O)C[C@H]3C(=O)N[C@H](Cc3ccc(-c4ccccc4)cc3)C(N)=O)C(C)(C)C)nn2)CC1. The lowest BCUT2D eigenvalue weighted by molar-refractivity contribution is -0.144. The summed E-state index contributed by atoms with van der Waals surface area (Å²) in [6.45, 7) is 7.56. The van der Waals surface area contributed by atoms with Crippen molar-refractivity contribution in [1.29, 1.82) is 0 Å². The molecule has 5 N–H and O–H groups in total. The van der Waals surface area contributed by atoms with Crippen molar-refractivity contribution in [1.82, 2.24) is 30.5 Å². The van der Waals surface area contributed by atoms with Gasteiger partial charge in [-0.3, -0.25) is 19.2 Å². The lowest BCUT2D eigenvalue weighted by atomic mass is 9.85. The molecule has 12 heteroatoms. The van der Waals surface area contributed by atoms with Crippen LogP contribution in [0.3, 0.4) is 0 Å². The number of nitrogens with zero attached hydrogens (tertiary/aromatic N) is 4. The predicted octanol–water partition coefficient (Wildman–Crippen LogP) is 1.87. The number of carbonyl (C=O) groups excluding carboxylic acids is 4. The number of nitrogens with two attached hydrogens (primary N) is 1. The summed E-state index contributed by atoms with van der Waals surface area (Å²) < 4.78 is 1.52. The van der Waals surface area contributed by atoms with E-state index >= 15 is 0 Å². The Bertz CT molecular complexity index is 1580. The first-order chi connectivity index (χ1) is 21.8. The fraction of sp³-hybridized carbons (Fsp3) is 0.471. The van der Waals surface area contributed by atoms with Crippen LogP contribution in [0.5, 0.6) is 0 Å². The molecular weight excluding hydrogens is 586 g/mol. The number of hydrogen-bond acceptors (Lipinski definition) is 7. The molecule has 1 aliphatic heterocycles. The van der Waals surface area contributed by atoms with Gasteiger partial charge in [0.15, 0.2) is 0 Å². The summed E-state index contributed by atoms with van der Waals surface area (Å²) in [7, 11) is 0. The Hall–Kier alpha value is -4.58. The van der Waals surface area contributed by atoms with Crippen molar-refractivity contribution in [3.05, 3.63) is 72.1 Å². The van der Waals surface area contributed by atoms with Crippen LogP contribution in [0.15, 0.2) is 60.8 Å². The number of aliphatic hydroxyl groups is 1. The molecule has 0 bridgehead atoms. The van der Waals surface area contributed by atoms with Gasteiger partial charge in [-0.25, -0.2) is 4.68 Å². The zero-order valence-electron chi connectivity index (χ0n) is 26.8. The van der Waals surface area contributed by atoms with E-state index in [1.807, 2.05) is 75.4 Å². The quantitative estimate of drug-likeness (QED) is 0.251. The van der Waals surface area contributed by atoms with Crippen LogP contribution >= 0.6 is 0 Å². The van der Waals surface area contributed by atoms with Gasteiger partial charge < -0.3 is 26.4 Å². The number of likely N-dealkylation sites (tertiary alicyclic amines) is 1. The van der Waals surface area contributed by atoms with Gasteiger partial charge in [-0.05, 0) is 34.9 Å². The molecule has 46 heavy (non-hydrogen) atoms. The molecule has 1 saturated heterocycles. The second-order valence-electron chi connectivity index (χ2n) is 13.7. The van der Waals surface area contributed by atoms with Gasteiger partial charge in [0.05, 0.1) is 18.0 Å². The van der Waals surface area contributed by atoms with Crippen LogP contribution in [0.2, 0.25) is 0 Å². The fourth-order valence-electron chi connectivity index (χ4n) is 6.15. The Morgan fingerprint density at radius 3 is 2.28 bits per heavy atom. The Balaban J connectivity index is 1.31. The van der Waals surface area contributed by atoms with Crippen LogP contribution in [-0.4, -0.2) is 79.9 Å². The highest BCUT2D eigenvalue weighted by Gasteiger charge is 2.49. The van der Waals surface area contributed by atoms with Crippen molar-refractivity contribution in [2.45, 2.75) is 83.0 Å². The van der Waals surface area contributed by atoms with E-state index in [1.54, 1.807) is 6.20 Å². The topological polar surface area (TPSA) is 173 Å². The van der Waals surface area contributed by atoms with Gasteiger partial charge in [0.1, 0.15) is 18.1 Å². The van der Waals surface area contributed by atoms with E-state index in [9.17, 15) is 24.3 Å². The standard InChI is InChI=1S/C34H43N7O5/c1-21(42)36-20-34(14-15-34)28-19-41(39-38-28)29(33(2,3)4)32(46)40-18-25(43)17-27(40)31(45)37-26(30(35)44)16-22-10-12-24(13-11-22)23-8-6-5-7-9-23/h5-13,19,25-27,29,43H,14-18,20H2,1-4H3,(H2,35,44)(H,36,42)(H,37,45)/t25-,26-,27+,29-/m1/s1. The molecule has 12 nitrogen and oxygen atoms in total. The Morgan fingerprint density at radius 1 is 1.04 bits per heavy atom. The summed E-state index contributed by atoms with van der Waals surface area (Å²) in [6, 6.07) is 14.7. The molecule has 2 fully saturated rings. The molecule has 3 aromatic rings. The van der Waals surface area contributed by atoms with Crippen molar-refractivity contribution >= 4 is 23.6 Å². The van der Waals surface area contributed by atoms with E-state index in [2.05, 4.69) is 20.9 Å². The predicted molar refractivity (Wildman–Crippen MR) is 171 cm³/mol. The first kappa shape index (κ1) is 32.8. The number of aromatic nitrogens is 3. The highest BCUT2D eigenvalue weighted by atomic mass is 16.3. The van der Waals surface area contributed by atoms with Gasteiger partial charge in [0, 0.05) is 38.3 Å². The first-order valence-corrected chi connectivity index (χ1v) is 15.7. The summed E-state index contributed by atoms with van der Waals surface area (Å²) in [5.74, 6) is -1.78. The lowest BCUT2D eigenvalue weighted by Crippen LogP contribution is -2.54. The average Bonchev–Trinajstić information content (AvgIpc) is 3.45. The second kappa shape index (κ2) is 13.0. The normalized spacial score (nSPS) is 20.1. The van der Waals surface area contributed by atoms with E-state index in [1.165, 1.54) is 16.5 Å². The van der Waals surface area contributed by atoms with E-state index < -0.39 is 41.5 Å². The van der Waals surface area contributed by atoms with Crippen molar-refractivity contribution in [3.63, 3.8) is 0 Å². The number of carbonyl (C=O) groups is 4. The lowest BCUT2D eigenvalue weighted by Gasteiger charge is -2.35. The number of benzene rings is 2. The van der Waals surface area contributed by atoms with Crippen molar-refractivity contribution in [3.8, 4) is 11.1 Å². The first-order valence-electron chi connectivity index (χ1n) is 15.7. The molecule has 4 amide bonds. The number of rotatable bonds is 11. The minimum atomic E-state index is -1.01. The van der Waals surface area contributed by atoms with Crippen LogP contribution in [0.1, 0.15) is 64.3 Å². The third-order valence-electron chi connectivity index (χ3n) is 8.93. The molecule has 244 valence electrons. The number of primary amides is 1. The number of β-amino-alcohol motifs (C(OH)–C–C–N with tert-alkyl or cyclic N) is 1. The van der Waals surface area contributed by atoms with E-state index in [-0.39, 0.29) is 36.6 Å². The Kier molecular flexibility index (Phi) is 9.29. The van der Waals surface area contributed by atoms with Crippen molar-refractivity contribution < 1.29 is 24.3 Å². The molecule has 2 aromatic carbocycles. The number of aliphatic hydroxyl groups excluding tert-OH is 1. The molecule has 0 radical (unpaired) electrons. The van der Waals surface area contributed by atoms with E-state index in [4.69, 9.17) is 5.73 Å². The minimum Gasteiger partial charge on any atom is -0.391 e. The summed E-state index contributed by atoms with van der Waals surface area (Å²) >= 11 is 0. The highest BCUT2D eigenvalue weighted by Crippen LogP contribution is 2.47. The molecule has 2 heterocycles. The second-order valence-corrected chi connectivity index (χ2v) is 13.7. The molecule has 1 aliphatic carbocycles. The van der Waals surface area contributed by atoms with Crippen molar-refractivity contribution in [2.75, 3.05) is 13.1 Å². The largest absolute Gasteiger partial charge is 0.391 e. The number of hydrogen-bond donors (Lipinski definition) is 4. The molecule has 0 spiro atoms. The van der Waals surface area contributed by atoms with Gasteiger partial charge in [-0.1, -0.05) is 80.6 Å². The molecular formula is C34H43N7O5. The van der Waals surface area contributed by atoms with Crippen LogP contribution in [0, 0.1) is 5.41 Å². The average molecular weight is 630 g/mol. The molecule has 1 saturated carbocycles. The van der Waals surface area contributed by atoms with Crippen molar-refractivity contribution in [2.24, 2.45) is 11.1 Å². The van der Waals surface area contributed by atoms with E-state index in [0.717, 1.165) is 29.5 Å². The summed E-state index contributed by atoms with van der Waals surface area (Å²) in [5, 5.41) is 24.9. The maximum atomic E-state index is 14.2. The third kappa shape index (κ3) is 7.28. The zero-order chi connectivity index (χ0) is 33.2. The van der Waals surface area contributed by atoms with Crippen LogP contribution in [0.4, 0.5) is 0 Å². The van der Waals surface area contributed by atoms with Gasteiger partial charge in [0.25, 0.3) is 0 Å². The zero-order valence-corrected chi connectivity index (χ0v) is 26.8. The molecule has 4 atom stereocenters. The highest BCUT2D eigenvalue weighted by molar-refractivity contribution is 5.93. The van der Waals surface area contributed by atoms with Crippen LogP contribution in [-0.2, 0) is 31.0 Å². The van der Waals surface area contributed by atoms with Gasteiger partial charge in [-0.15, -0.1) is 5.10 Å². The van der Waals surface area contributed by atoms with Gasteiger partial charge in [0.2, 0.25) is 23.6 Å². The summed E-state index contributed by atoms with van der Waals surface area (Å²) in [5.41, 5.74) is 8.35. The van der Waals surface area contributed by atoms with Gasteiger partial charge in [-0.2, -0.15) is 0 Å². The van der Waals surface area contributed by atoms with Gasteiger partial charge >= 0.3 is 0 Å².